The van der Waals surface area contributed by atoms with Crippen LogP contribution >= 0.6 is 0 Å². The van der Waals surface area contributed by atoms with Crippen LogP contribution in [0.2, 0.25) is 0 Å². The summed E-state index contributed by atoms with van der Waals surface area (Å²) >= 11 is 0. The molecule has 0 amide bonds. The van der Waals surface area contributed by atoms with Gasteiger partial charge in [-0.3, -0.25) is 0 Å². The first-order valence-electron chi connectivity index (χ1n) is 7.56. The van der Waals surface area contributed by atoms with Gasteiger partial charge < -0.3 is 0 Å². The summed E-state index contributed by atoms with van der Waals surface area (Å²) in [6.45, 7) is 0. The van der Waals surface area contributed by atoms with E-state index in [0.717, 1.165) is 5.56 Å². The lowest BCUT2D eigenvalue weighted by atomic mass is 10.2. The van der Waals surface area contributed by atoms with E-state index in [9.17, 15) is 8.42 Å². The van der Waals surface area contributed by atoms with E-state index in [1.165, 1.54) is 4.31 Å². The Morgan fingerprint density at radius 1 is 0.667 bits per heavy atom. The average molecular weight is 335 g/mol. The molecule has 3 aromatic carbocycles. The maximum absolute atomic E-state index is 13.0. The average Bonchev–Trinajstić information content (AvgIpc) is 2.64. The van der Waals surface area contributed by atoms with E-state index in [4.69, 9.17) is 0 Å². The lowest BCUT2D eigenvalue weighted by molar-refractivity contribution is 0.596. The molecule has 3 aromatic rings. The highest BCUT2D eigenvalue weighted by Crippen LogP contribution is 2.24. The normalized spacial score (nSPS) is 11.5. The van der Waals surface area contributed by atoms with E-state index < -0.39 is 10.0 Å². The molecule has 0 aliphatic rings. The molecule has 0 spiro atoms. The van der Waals surface area contributed by atoms with Gasteiger partial charge in [0.2, 0.25) is 0 Å². The Labute approximate surface area is 142 Å². The molecule has 3 nitrogen and oxygen atoms in total. The molecule has 0 bridgehead atoms. The lowest BCUT2D eigenvalue weighted by Gasteiger charge is -2.20. The van der Waals surface area contributed by atoms with Crippen molar-refractivity contribution in [2.24, 2.45) is 0 Å². The largest absolute Gasteiger partial charge is 0.268 e. The van der Waals surface area contributed by atoms with Crippen LogP contribution in [0, 0.1) is 0 Å². The van der Waals surface area contributed by atoms with Gasteiger partial charge >= 0.3 is 0 Å². The highest BCUT2D eigenvalue weighted by atomic mass is 32.2. The molecule has 0 aliphatic carbocycles. The smallest absolute Gasteiger partial charge is 0.242 e. The molecule has 0 aromatic heterocycles. The van der Waals surface area contributed by atoms with Gasteiger partial charge in [0.15, 0.2) is 0 Å². The number of para-hydroxylation sites is 1. The third-order valence-electron chi connectivity index (χ3n) is 3.51. The van der Waals surface area contributed by atoms with Crippen LogP contribution in [0.4, 0.5) is 5.69 Å². The quantitative estimate of drug-likeness (QED) is 0.686. The minimum Gasteiger partial charge on any atom is -0.242 e. The summed E-state index contributed by atoms with van der Waals surface area (Å²) in [5.41, 5.74) is 1.52. The minimum atomic E-state index is -3.68. The molecule has 24 heavy (non-hydrogen) atoms. The van der Waals surface area contributed by atoms with E-state index in [1.54, 1.807) is 54.7 Å². The Kier molecular flexibility index (Phi) is 4.77. The standard InChI is InChI=1S/C20H17NO2S/c22-24(23,20-14-8-3-9-15-20)21(19-12-6-2-7-13-19)17-16-18-10-4-1-5-11-18/h1-17H/b17-16+. The fourth-order valence-electron chi connectivity index (χ4n) is 2.30. The lowest BCUT2D eigenvalue weighted by Crippen LogP contribution is -2.25. The number of anilines is 1. The zero-order chi connectivity index (χ0) is 16.8. The monoisotopic (exact) mass is 335 g/mol. The third-order valence-corrected chi connectivity index (χ3v) is 5.23. The molecule has 0 heterocycles. The highest BCUT2D eigenvalue weighted by Gasteiger charge is 2.22. The predicted octanol–water partition coefficient (Wildman–Crippen LogP) is 4.55. The van der Waals surface area contributed by atoms with Gasteiger partial charge in [-0.25, -0.2) is 12.7 Å². The van der Waals surface area contributed by atoms with E-state index in [1.807, 2.05) is 48.5 Å². The molecule has 0 unspecified atom stereocenters. The summed E-state index contributed by atoms with van der Waals surface area (Å²) in [5.74, 6) is 0. The number of hydrogen-bond acceptors (Lipinski definition) is 2. The summed E-state index contributed by atoms with van der Waals surface area (Å²) in [6.07, 6.45) is 3.38. The first-order valence-corrected chi connectivity index (χ1v) is 9.00. The van der Waals surface area contributed by atoms with Crippen molar-refractivity contribution in [3.8, 4) is 0 Å². The Morgan fingerprint density at radius 3 is 1.75 bits per heavy atom. The molecule has 4 heteroatoms. The van der Waals surface area contributed by atoms with Crippen LogP contribution < -0.4 is 4.31 Å². The predicted molar refractivity (Wildman–Crippen MR) is 98.0 cm³/mol. The SMILES string of the molecule is O=S(=O)(c1ccccc1)N(/C=C/c1ccccc1)c1ccccc1. The van der Waals surface area contributed by atoms with Crippen LogP contribution in [-0.2, 0) is 10.0 Å². The van der Waals surface area contributed by atoms with E-state index in [0.29, 0.717) is 5.69 Å². The first-order chi connectivity index (χ1) is 11.7. The van der Waals surface area contributed by atoms with Crippen molar-refractivity contribution >= 4 is 21.8 Å². The highest BCUT2D eigenvalue weighted by molar-refractivity contribution is 7.93. The van der Waals surface area contributed by atoms with Crippen molar-refractivity contribution < 1.29 is 8.42 Å². The van der Waals surface area contributed by atoms with Gasteiger partial charge in [0.25, 0.3) is 10.0 Å². The molecule has 0 saturated carbocycles. The molecule has 0 radical (unpaired) electrons. The molecule has 0 saturated heterocycles. The van der Waals surface area contributed by atoms with Crippen LogP contribution in [0.1, 0.15) is 5.56 Å². The van der Waals surface area contributed by atoms with Crippen LogP contribution in [-0.4, -0.2) is 8.42 Å². The second kappa shape index (κ2) is 7.15. The van der Waals surface area contributed by atoms with Gasteiger partial charge in [0, 0.05) is 6.20 Å². The maximum Gasteiger partial charge on any atom is 0.268 e. The number of sulfonamides is 1. The molecule has 0 atom stereocenters. The summed E-state index contributed by atoms with van der Waals surface area (Å²) in [5, 5.41) is 0. The van der Waals surface area contributed by atoms with Gasteiger partial charge in [-0.05, 0) is 35.9 Å². The summed E-state index contributed by atoms with van der Waals surface area (Å²) in [4.78, 5) is 0.256. The number of benzene rings is 3. The summed E-state index contributed by atoms with van der Waals surface area (Å²) in [6, 6.07) is 27.1. The molecule has 0 fully saturated rings. The maximum atomic E-state index is 13.0. The van der Waals surface area contributed by atoms with Crippen molar-refractivity contribution in [2.75, 3.05) is 4.31 Å². The minimum absolute atomic E-state index is 0.256. The molecular formula is C20H17NO2S. The van der Waals surface area contributed by atoms with Crippen molar-refractivity contribution in [1.29, 1.82) is 0 Å². The van der Waals surface area contributed by atoms with Crippen LogP contribution in [0.3, 0.4) is 0 Å². The van der Waals surface area contributed by atoms with Gasteiger partial charge in [0.1, 0.15) is 0 Å². The molecule has 0 N–H and O–H groups in total. The van der Waals surface area contributed by atoms with E-state index in [2.05, 4.69) is 0 Å². The third kappa shape index (κ3) is 3.55. The van der Waals surface area contributed by atoms with Crippen LogP contribution in [0.15, 0.2) is 102 Å². The van der Waals surface area contributed by atoms with Crippen molar-refractivity contribution in [3.63, 3.8) is 0 Å². The van der Waals surface area contributed by atoms with Gasteiger partial charge in [-0.1, -0.05) is 66.7 Å². The fourth-order valence-corrected chi connectivity index (χ4v) is 3.65. The van der Waals surface area contributed by atoms with E-state index in [-0.39, 0.29) is 4.90 Å². The number of nitrogens with zero attached hydrogens (tertiary/aromatic N) is 1. The zero-order valence-electron chi connectivity index (χ0n) is 13.0. The van der Waals surface area contributed by atoms with E-state index >= 15 is 0 Å². The zero-order valence-corrected chi connectivity index (χ0v) is 13.8. The van der Waals surface area contributed by atoms with Gasteiger partial charge in [-0.2, -0.15) is 0 Å². The van der Waals surface area contributed by atoms with Crippen molar-refractivity contribution in [1.82, 2.24) is 0 Å². The number of rotatable bonds is 5. The Morgan fingerprint density at radius 2 is 1.17 bits per heavy atom. The van der Waals surface area contributed by atoms with Gasteiger partial charge in [-0.15, -0.1) is 0 Å². The molecular weight excluding hydrogens is 318 g/mol. The Bertz CT molecular complexity index is 906. The topological polar surface area (TPSA) is 37.4 Å². The molecule has 3 rings (SSSR count). The fraction of sp³-hybridized carbons (Fsp3) is 0. The van der Waals surface area contributed by atoms with Crippen LogP contribution in [0.5, 0.6) is 0 Å². The van der Waals surface area contributed by atoms with Crippen molar-refractivity contribution in [3.05, 3.63) is 103 Å². The first kappa shape index (κ1) is 16.0. The summed E-state index contributed by atoms with van der Waals surface area (Å²) in [7, 11) is -3.68. The van der Waals surface area contributed by atoms with Gasteiger partial charge in [0.05, 0.1) is 10.6 Å². The van der Waals surface area contributed by atoms with Crippen molar-refractivity contribution in [2.45, 2.75) is 4.90 Å². The Balaban J connectivity index is 2.05. The molecule has 0 aliphatic heterocycles. The summed E-state index contributed by atoms with van der Waals surface area (Å²) < 4.78 is 27.4. The second-order valence-corrected chi connectivity index (χ2v) is 6.99. The second-order valence-electron chi connectivity index (χ2n) is 5.18. The number of hydrogen-bond donors (Lipinski definition) is 0. The van der Waals surface area contributed by atoms with Crippen LogP contribution in [0.25, 0.3) is 6.08 Å². The molecule has 120 valence electrons. The Hall–Kier alpha value is -2.85.